The van der Waals surface area contributed by atoms with Crippen LogP contribution in [0, 0.1) is 6.92 Å². The van der Waals surface area contributed by atoms with Crippen LogP contribution in [-0.4, -0.2) is 33.7 Å². The van der Waals surface area contributed by atoms with Gasteiger partial charge in [0.1, 0.15) is 16.2 Å². The summed E-state index contributed by atoms with van der Waals surface area (Å²) in [5.74, 6) is -0.700. The SMILES string of the molecule is Cc1ccc(CNC(=O)[C@H](C)OC(=O)CSc2ncnc3sccc23)cc1. The van der Waals surface area contributed by atoms with Crippen LogP contribution in [0.2, 0.25) is 0 Å². The molecule has 1 aromatic carbocycles. The lowest BCUT2D eigenvalue weighted by molar-refractivity contribution is -0.152. The van der Waals surface area contributed by atoms with Crippen molar-refractivity contribution in [2.75, 3.05) is 5.75 Å². The van der Waals surface area contributed by atoms with Gasteiger partial charge in [-0.3, -0.25) is 9.59 Å². The van der Waals surface area contributed by atoms with E-state index in [0.29, 0.717) is 6.54 Å². The van der Waals surface area contributed by atoms with E-state index in [2.05, 4.69) is 15.3 Å². The number of thiophene rings is 1. The van der Waals surface area contributed by atoms with E-state index in [9.17, 15) is 9.59 Å². The second-order valence-corrected chi connectivity index (χ2v) is 7.80. The first-order valence-electron chi connectivity index (χ1n) is 8.36. The molecule has 0 spiro atoms. The van der Waals surface area contributed by atoms with Crippen LogP contribution in [-0.2, 0) is 20.9 Å². The Morgan fingerprint density at radius 2 is 2.00 bits per heavy atom. The Labute approximate surface area is 165 Å². The van der Waals surface area contributed by atoms with Crippen molar-refractivity contribution < 1.29 is 14.3 Å². The van der Waals surface area contributed by atoms with E-state index in [1.165, 1.54) is 29.4 Å². The zero-order chi connectivity index (χ0) is 19.2. The molecule has 3 aromatic rings. The Hall–Kier alpha value is -2.45. The van der Waals surface area contributed by atoms with Crippen molar-refractivity contribution in [3.05, 3.63) is 53.2 Å². The standard InChI is InChI=1S/C19H19N3O3S2/c1-12-3-5-14(6-4-12)9-20-17(24)13(2)25-16(23)10-27-19-15-7-8-26-18(15)21-11-22-19/h3-8,11,13H,9-10H2,1-2H3,(H,20,24)/t13-/m0/s1. The highest BCUT2D eigenvalue weighted by Crippen LogP contribution is 2.27. The molecule has 1 amide bonds. The Bertz CT molecular complexity index is 941. The number of thioether (sulfide) groups is 1. The van der Waals surface area contributed by atoms with Crippen molar-refractivity contribution in [2.24, 2.45) is 0 Å². The van der Waals surface area contributed by atoms with Crippen LogP contribution in [0.25, 0.3) is 10.2 Å². The van der Waals surface area contributed by atoms with E-state index >= 15 is 0 Å². The summed E-state index contributed by atoms with van der Waals surface area (Å²) in [6.07, 6.45) is 0.628. The number of aryl methyl sites for hydroxylation is 1. The number of carbonyl (C=O) groups excluding carboxylic acids is 2. The minimum Gasteiger partial charge on any atom is -0.452 e. The van der Waals surface area contributed by atoms with Crippen molar-refractivity contribution in [1.29, 1.82) is 0 Å². The van der Waals surface area contributed by atoms with Crippen LogP contribution in [0.15, 0.2) is 47.1 Å². The van der Waals surface area contributed by atoms with Gasteiger partial charge in [-0.25, -0.2) is 9.97 Å². The quantitative estimate of drug-likeness (QED) is 0.371. The van der Waals surface area contributed by atoms with Gasteiger partial charge in [0.15, 0.2) is 6.10 Å². The molecule has 2 heterocycles. The predicted octanol–water partition coefficient (Wildman–Crippen LogP) is 3.34. The third-order valence-electron chi connectivity index (χ3n) is 3.82. The van der Waals surface area contributed by atoms with Crippen LogP contribution in [0.5, 0.6) is 0 Å². The van der Waals surface area contributed by atoms with E-state index in [1.54, 1.807) is 6.92 Å². The van der Waals surface area contributed by atoms with Gasteiger partial charge in [0, 0.05) is 11.9 Å². The lowest BCUT2D eigenvalue weighted by atomic mass is 10.1. The van der Waals surface area contributed by atoms with E-state index in [1.807, 2.05) is 42.6 Å². The molecule has 0 aliphatic heterocycles. The molecular weight excluding hydrogens is 382 g/mol. The van der Waals surface area contributed by atoms with Crippen molar-refractivity contribution in [2.45, 2.75) is 31.5 Å². The maximum Gasteiger partial charge on any atom is 0.317 e. The van der Waals surface area contributed by atoms with Crippen molar-refractivity contribution in [3.8, 4) is 0 Å². The molecule has 27 heavy (non-hydrogen) atoms. The fourth-order valence-corrected chi connectivity index (χ4v) is 3.89. The Kier molecular flexibility index (Phi) is 6.41. The van der Waals surface area contributed by atoms with Gasteiger partial charge in [-0.05, 0) is 30.9 Å². The van der Waals surface area contributed by atoms with Crippen molar-refractivity contribution in [1.82, 2.24) is 15.3 Å². The monoisotopic (exact) mass is 401 g/mol. The number of benzene rings is 1. The number of nitrogens with one attached hydrogen (secondary N) is 1. The molecule has 8 heteroatoms. The smallest absolute Gasteiger partial charge is 0.317 e. The third-order valence-corrected chi connectivity index (χ3v) is 5.62. The van der Waals surface area contributed by atoms with Crippen LogP contribution in [0.1, 0.15) is 18.1 Å². The summed E-state index contributed by atoms with van der Waals surface area (Å²) in [6.45, 7) is 3.97. The molecule has 140 valence electrons. The first-order chi connectivity index (χ1) is 13.0. The summed E-state index contributed by atoms with van der Waals surface area (Å²) >= 11 is 2.80. The molecule has 0 saturated carbocycles. The molecule has 0 fully saturated rings. The molecule has 0 unspecified atom stereocenters. The van der Waals surface area contributed by atoms with Gasteiger partial charge >= 0.3 is 5.97 Å². The first-order valence-corrected chi connectivity index (χ1v) is 10.2. The highest BCUT2D eigenvalue weighted by Gasteiger charge is 2.18. The average Bonchev–Trinajstić information content (AvgIpc) is 3.15. The van der Waals surface area contributed by atoms with Gasteiger partial charge < -0.3 is 10.1 Å². The van der Waals surface area contributed by atoms with E-state index < -0.39 is 12.1 Å². The lowest BCUT2D eigenvalue weighted by Crippen LogP contribution is -2.35. The zero-order valence-electron chi connectivity index (χ0n) is 15.0. The molecular formula is C19H19N3O3S2. The number of esters is 1. The number of ether oxygens (including phenoxy) is 1. The van der Waals surface area contributed by atoms with Crippen LogP contribution in [0.4, 0.5) is 0 Å². The third kappa shape index (κ3) is 5.27. The normalized spacial score (nSPS) is 11.9. The summed E-state index contributed by atoms with van der Waals surface area (Å²) in [7, 11) is 0. The molecule has 0 bridgehead atoms. The van der Waals surface area contributed by atoms with Gasteiger partial charge in [0.25, 0.3) is 5.91 Å². The Morgan fingerprint density at radius 3 is 2.78 bits per heavy atom. The van der Waals surface area contributed by atoms with E-state index in [-0.39, 0.29) is 11.7 Å². The Balaban J connectivity index is 1.46. The minimum absolute atomic E-state index is 0.0809. The average molecular weight is 402 g/mol. The number of hydrogen-bond acceptors (Lipinski definition) is 7. The maximum absolute atomic E-state index is 12.1. The molecule has 0 radical (unpaired) electrons. The van der Waals surface area contributed by atoms with Gasteiger partial charge in [0.05, 0.1) is 5.75 Å². The number of fused-ring (bicyclic) bond motifs is 1. The van der Waals surface area contributed by atoms with Gasteiger partial charge in [-0.15, -0.1) is 11.3 Å². The summed E-state index contributed by atoms with van der Waals surface area (Å²) in [5.41, 5.74) is 2.15. The fourth-order valence-electron chi connectivity index (χ4n) is 2.33. The lowest BCUT2D eigenvalue weighted by Gasteiger charge is -2.13. The van der Waals surface area contributed by atoms with E-state index in [0.717, 1.165) is 26.4 Å². The van der Waals surface area contributed by atoms with E-state index in [4.69, 9.17) is 4.74 Å². The van der Waals surface area contributed by atoms with Crippen LogP contribution >= 0.6 is 23.1 Å². The molecule has 3 rings (SSSR count). The molecule has 1 N–H and O–H groups in total. The van der Waals surface area contributed by atoms with Crippen molar-refractivity contribution >= 4 is 45.2 Å². The highest BCUT2D eigenvalue weighted by molar-refractivity contribution is 8.00. The number of rotatable bonds is 7. The second kappa shape index (κ2) is 8.96. The van der Waals surface area contributed by atoms with Crippen molar-refractivity contribution in [3.63, 3.8) is 0 Å². The number of nitrogens with zero attached hydrogens (tertiary/aromatic N) is 2. The predicted molar refractivity (Wildman–Crippen MR) is 107 cm³/mol. The number of amides is 1. The first kappa shape index (κ1) is 19.3. The molecule has 1 atom stereocenters. The van der Waals surface area contributed by atoms with Gasteiger partial charge in [0.2, 0.25) is 0 Å². The summed E-state index contributed by atoms with van der Waals surface area (Å²) in [4.78, 5) is 33.4. The summed E-state index contributed by atoms with van der Waals surface area (Å²) in [6, 6.07) is 9.81. The topological polar surface area (TPSA) is 81.2 Å². The summed E-state index contributed by atoms with van der Waals surface area (Å²) < 4.78 is 5.22. The van der Waals surface area contributed by atoms with Gasteiger partial charge in [-0.1, -0.05) is 41.6 Å². The second-order valence-electron chi connectivity index (χ2n) is 5.94. The largest absolute Gasteiger partial charge is 0.452 e. The Morgan fingerprint density at radius 1 is 1.22 bits per heavy atom. The molecule has 2 aromatic heterocycles. The maximum atomic E-state index is 12.1. The molecule has 0 aliphatic rings. The number of carbonyl (C=O) groups is 2. The molecule has 0 saturated heterocycles. The molecule has 6 nitrogen and oxygen atoms in total. The molecule has 0 aliphatic carbocycles. The minimum atomic E-state index is -0.852. The number of hydrogen-bond donors (Lipinski definition) is 1. The fraction of sp³-hybridized carbons (Fsp3) is 0.263. The van der Waals surface area contributed by atoms with Crippen LogP contribution in [0.3, 0.4) is 0 Å². The highest BCUT2D eigenvalue weighted by atomic mass is 32.2. The zero-order valence-corrected chi connectivity index (χ0v) is 16.6. The summed E-state index contributed by atoms with van der Waals surface area (Å²) in [5, 5.41) is 6.36. The van der Waals surface area contributed by atoms with Crippen LogP contribution < -0.4 is 5.32 Å². The van der Waals surface area contributed by atoms with Gasteiger partial charge in [-0.2, -0.15) is 0 Å². The number of aromatic nitrogens is 2.